The van der Waals surface area contributed by atoms with Crippen LogP contribution in [-0.4, -0.2) is 57.2 Å². The van der Waals surface area contributed by atoms with Gasteiger partial charge in [-0.25, -0.2) is 0 Å². The summed E-state index contributed by atoms with van der Waals surface area (Å²) in [6.45, 7) is 11.2. The number of piperidine rings is 1. The third kappa shape index (κ3) is 7.92. The topological polar surface area (TPSA) is 62.0 Å². The monoisotopic (exact) mass is 350 g/mol. The Kier molecular flexibility index (Phi) is 8.83. The number of furan rings is 1. The minimum Gasteiger partial charge on any atom is -0.467 e. The van der Waals surface area contributed by atoms with Gasteiger partial charge in [0.05, 0.1) is 6.26 Å². The van der Waals surface area contributed by atoms with Gasteiger partial charge >= 0.3 is 0 Å². The van der Waals surface area contributed by atoms with Gasteiger partial charge in [0, 0.05) is 46.4 Å². The molecule has 1 fully saturated rings. The molecule has 2 atom stereocenters. The van der Waals surface area contributed by atoms with Crippen molar-refractivity contribution in [3.63, 3.8) is 0 Å². The van der Waals surface area contributed by atoms with Crippen molar-refractivity contribution in [2.45, 2.75) is 33.3 Å². The van der Waals surface area contributed by atoms with Gasteiger partial charge in [0.2, 0.25) is 0 Å². The molecule has 0 amide bonds. The highest BCUT2D eigenvalue weighted by Gasteiger charge is 2.21. The zero-order valence-electron chi connectivity index (χ0n) is 16.0. The molecule has 0 saturated carbocycles. The SMILES string of the molecule is CN=C(NCCCOCc1ccco1)NCCN1CC(C)CC(C)C1. The van der Waals surface area contributed by atoms with Crippen LogP contribution < -0.4 is 10.6 Å². The van der Waals surface area contributed by atoms with Crippen LogP contribution in [0.3, 0.4) is 0 Å². The van der Waals surface area contributed by atoms with E-state index in [-0.39, 0.29) is 0 Å². The second-order valence-electron chi connectivity index (χ2n) is 7.12. The van der Waals surface area contributed by atoms with Crippen LogP contribution in [-0.2, 0) is 11.3 Å². The Bertz CT molecular complexity index is 480. The number of likely N-dealkylation sites (tertiary alicyclic amines) is 1. The van der Waals surface area contributed by atoms with Crippen molar-refractivity contribution in [1.82, 2.24) is 15.5 Å². The number of guanidine groups is 1. The number of aliphatic imine (C=N–C) groups is 1. The number of rotatable bonds is 9. The Morgan fingerprint density at radius 3 is 2.72 bits per heavy atom. The van der Waals surface area contributed by atoms with Gasteiger partial charge in [-0.05, 0) is 36.8 Å². The summed E-state index contributed by atoms with van der Waals surface area (Å²) in [4.78, 5) is 6.84. The van der Waals surface area contributed by atoms with Crippen LogP contribution in [0.2, 0.25) is 0 Å². The normalized spacial score (nSPS) is 22.1. The molecule has 0 aromatic carbocycles. The van der Waals surface area contributed by atoms with Crippen molar-refractivity contribution >= 4 is 5.96 Å². The van der Waals surface area contributed by atoms with E-state index in [2.05, 4.69) is 34.4 Å². The number of hydrogen-bond donors (Lipinski definition) is 2. The van der Waals surface area contributed by atoms with E-state index in [0.717, 1.165) is 49.6 Å². The summed E-state index contributed by atoms with van der Waals surface area (Å²) < 4.78 is 10.8. The number of nitrogens with zero attached hydrogens (tertiary/aromatic N) is 2. The van der Waals surface area contributed by atoms with E-state index in [1.807, 2.05) is 19.2 Å². The minimum absolute atomic E-state index is 0.534. The van der Waals surface area contributed by atoms with Crippen molar-refractivity contribution in [1.29, 1.82) is 0 Å². The predicted octanol–water partition coefficient (Wildman–Crippen LogP) is 2.33. The van der Waals surface area contributed by atoms with Crippen molar-refractivity contribution in [2.75, 3.05) is 46.4 Å². The van der Waals surface area contributed by atoms with Gasteiger partial charge in [0.15, 0.2) is 5.96 Å². The van der Waals surface area contributed by atoms with E-state index < -0.39 is 0 Å². The molecule has 1 saturated heterocycles. The fourth-order valence-corrected chi connectivity index (χ4v) is 3.48. The molecule has 0 spiro atoms. The molecular formula is C19H34N4O2. The maximum absolute atomic E-state index is 5.57. The number of ether oxygens (including phenoxy) is 1. The van der Waals surface area contributed by atoms with Crippen LogP contribution in [0, 0.1) is 11.8 Å². The molecule has 2 heterocycles. The molecule has 0 bridgehead atoms. The third-order valence-electron chi connectivity index (χ3n) is 4.47. The first-order chi connectivity index (χ1) is 12.2. The van der Waals surface area contributed by atoms with Gasteiger partial charge in [-0.2, -0.15) is 0 Å². The second kappa shape index (κ2) is 11.2. The van der Waals surface area contributed by atoms with E-state index in [9.17, 15) is 0 Å². The maximum atomic E-state index is 5.57. The lowest BCUT2D eigenvalue weighted by Crippen LogP contribution is -2.45. The highest BCUT2D eigenvalue weighted by atomic mass is 16.5. The first kappa shape index (κ1) is 19.8. The fraction of sp³-hybridized carbons (Fsp3) is 0.737. The van der Waals surface area contributed by atoms with Gasteiger partial charge in [-0.3, -0.25) is 4.99 Å². The zero-order valence-corrected chi connectivity index (χ0v) is 16.0. The molecule has 1 aliphatic heterocycles. The van der Waals surface area contributed by atoms with Crippen molar-refractivity contribution in [2.24, 2.45) is 16.8 Å². The van der Waals surface area contributed by atoms with Gasteiger partial charge in [0.25, 0.3) is 0 Å². The summed E-state index contributed by atoms with van der Waals surface area (Å²) in [6, 6.07) is 3.80. The summed E-state index contributed by atoms with van der Waals surface area (Å²) in [5.74, 6) is 3.35. The lowest BCUT2D eigenvalue weighted by Gasteiger charge is -2.35. The van der Waals surface area contributed by atoms with Gasteiger partial charge < -0.3 is 24.7 Å². The molecule has 0 aliphatic carbocycles. The third-order valence-corrected chi connectivity index (χ3v) is 4.47. The molecule has 2 rings (SSSR count). The van der Waals surface area contributed by atoms with Crippen molar-refractivity contribution in [3.05, 3.63) is 24.2 Å². The molecule has 6 heteroatoms. The van der Waals surface area contributed by atoms with Crippen LogP contribution in [0.25, 0.3) is 0 Å². The van der Waals surface area contributed by atoms with E-state index in [0.29, 0.717) is 13.2 Å². The summed E-state index contributed by atoms with van der Waals surface area (Å²) in [5, 5.41) is 6.74. The largest absolute Gasteiger partial charge is 0.467 e. The number of nitrogens with one attached hydrogen (secondary N) is 2. The Hall–Kier alpha value is -1.53. The van der Waals surface area contributed by atoms with Crippen LogP contribution in [0.5, 0.6) is 0 Å². The first-order valence-electron chi connectivity index (χ1n) is 9.44. The number of hydrogen-bond acceptors (Lipinski definition) is 4. The van der Waals surface area contributed by atoms with Crippen LogP contribution in [0.4, 0.5) is 0 Å². The van der Waals surface area contributed by atoms with Gasteiger partial charge in [-0.15, -0.1) is 0 Å². The highest BCUT2D eigenvalue weighted by Crippen LogP contribution is 2.20. The van der Waals surface area contributed by atoms with E-state index in [4.69, 9.17) is 9.15 Å². The summed E-state index contributed by atoms with van der Waals surface area (Å²) in [5.41, 5.74) is 0. The molecule has 25 heavy (non-hydrogen) atoms. The maximum Gasteiger partial charge on any atom is 0.191 e. The average molecular weight is 351 g/mol. The Labute approximate surface area is 152 Å². The fourth-order valence-electron chi connectivity index (χ4n) is 3.48. The molecular weight excluding hydrogens is 316 g/mol. The highest BCUT2D eigenvalue weighted by molar-refractivity contribution is 5.79. The first-order valence-corrected chi connectivity index (χ1v) is 9.44. The minimum atomic E-state index is 0.534. The molecule has 2 N–H and O–H groups in total. The molecule has 1 aromatic rings. The van der Waals surface area contributed by atoms with Crippen LogP contribution in [0.1, 0.15) is 32.4 Å². The molecule has 142 valence electrons. The molecule has 2 unspecified atom stereocenters. The van der Waals surface area contributed by atoms with Crippen LogP contribution >= 0.6 is 0 Å². The Morgan fingerprint density at radius 1 is 1.28 bits per heavy atom. The average Bonchev–Trinajstić information content (AvgIpc) is 3.08. The summed E-state index contributed by atoms with van der Waals surface area (Å²) in [7, 11) is 1.81. The molecule has 1 aliphatic rings. The summed E-state index contributed by atoms with van der Waals surface area (Å²) in [6.07, 6.45) is 3.96. The van der Waals surface area contributed by atoms with Gasteiger partial charge in [0.1, 0.15) is 12.4 Å². The van der Waals surface area contributed by atoms with E-state index >= 15 is 0 Å². The Balaban J connectivity index is 1.50. The zero-order chi connectivity index (χ0) is 17.9. The molecule has 0 radical (unpaired) electrons. The van der Waals surface area contributed by atoms with Crippen LogP contribution in [0.15, 0.2) is 27.8 Å². The smallest absolute Gasteiger partial charge is 0.191 e. The lowest BCUT2D eigenvalue weighted by molar-refractivity contribution is 0.105. The van der Waals surface area contributed by atoms with E-state index in [1.54, 1.807) is 6.26 Å². The molecule has 1 aromatic heterocycles. The lowest BCUT2D eigenvalue weighted by atomic mass is 9.92. The standard InChI is InChI=1S/C19H34N4O2/c1-16-12-17(2)14-23(13-16)9-8-22-19(20-3)21-7-5-10-24-15-18-6-4-11-25-18/h4,6,11,16-17H,5,7-10,12-15H2,1-3H3,(H2,20,21,22). The second-order valence-corrected chi connectivity index (χ2v) is 7.12. The quantitative estimate of drug-likeness (QED) is 0.407. The van der Waals surface area contributed by atoms with Gasteiger partial charge in [-0.1, -0.05) is 13.8 Å². The van der Waals surface area contributed by atoms with Crippen molar-refractivity contribution in [3.8, 4) is 0 Å². The Morgan fingerprint density at radius 2 is 2.04 bits per heavy atom. The van der Waals surface area contributed by atoms with E-state index in [1.165, 1.54) is 19.5 Å². The molecule has 6 nitrogen and oxygen atoms in total. The summed E-state index contributed by atoms with van der Waals surface area (Å²) >= 11 is 0. The van der Waals surface area contributed by atoms with Crippen molar-refractivity contribution < 1.29 is 9.15 Å². The predicted molar refractivity (Wildman–Crippen MR) is 102 cm³/mol.